The van der Waals surface area contributed by atoms with Gasteiger partial charge in [-0.1, -0.05) is 24.6 Å². The Hall–Kier alpha value is -3.22. The predicted molar refractivity (Wildman–Crippen MR) is 119 cm³/mol. The lowest BCUT2D eigenvalue weighted by atomic mass is 10.1. The molecule has 6 nitrogen and oxygen atoms in total. The van der Waals surface area contributed by atoms with Crippen LogP contribution < -0.4 is 11.2 Å². The van der Waals surface area contributed by atoms with Gasteiger partial charge in [-0.25, -0.2) is 9.78 Å². The highest BCUT2D eigenvalue weighted by Crippen LogP contribution is 2.32. The van der Waals surface area contributed by atoms with Crippen LogP contribution in [-0.4, -0.2) is 25.8 Å². The van der Waals surface area contributed by atoms with Crippen molar-refractivity contribution >= 4 is 21.9 Å². The van der Waals surface area contributed by atoms with Crippen LogP contribution in [0.1, 0.15) is 49.5 Å². The van der Waals surface area contributed by atoms with Gasteiger partial charge in [-0.15, -0.1) is 0 Å². The summed E-state index contributed by atoms with van der Waals surface area (Å²) in [4.78, 5) is 34.0. The summed E-state index contributed by atoms with van der Waals surface area (Å²) in [5.41, 5.74) is 3.10. The zero-order valence-corrected chi connectivity index (χ0v) is 17.3. The Labute approximate surface area is 178 Å². The van der Waals surface area contributed by atoms with Gasteiger partial charge in [-0.2, -0.15) is 0 Å². The van der Waals surface area contributed by atoms with E-state index in [-0.39, 0.29) is 30.5 Å². The summed E-state index contributed by atoms with van der Waals surface area (Å²) in [6.07, 6.45) is 5.09. The lowest BCUT2D eigenvalue weighted by Gasteiger charge is -2.12. The number of imidazole rings is 1. The first kappa shape index (κ1) is 19.7. The maximum atomic E-state index is 13.2. The van der Waals surface area contributed by atoms with Crippen molar-refractivity contribution in [3.63, 3.8) is 0 Å². The first-order valence-corrected chi connectivity index (χ1v) is 10.9. The van der Waals surface area contributed by atoms with Crippen molar-refractivity contribution in [1.29, 1.82) is 0 Å². The van der Waals surface area contributed by atoms with Crippen molar-refractivity contribution in [3.05, 3.63) is 74.7 Å². The lowest BCUT2D eigenvalue weighted by Crippen LogP contribution is -2.39. The molecule has 0 bridgehead atoms. The Morgan fingerprint density at radius 3 is 2.71 bits per heavy atom. The zero-order chi connectivity index (χ0) is 21.4. The number of aromatic nitrogens is 4. The van der Waals surface area contributed by atoms with Crippen molar-refractivity contribution in [2.45, 2.75) is 51.1 Å². The number of alkyl halides is 1. The number of hydrogen-bond acceptors (Lipinski definition) is 3. The van der Waals surface area contributed by atoms with Gasteiger partial charge in [0.05, 0.1) is 35.2 Å². The zero-order valence-electron chi connectivity index (χ0n) is 17.3. The molecule has 7 heteroatoms. The fourth-order valence-corrected chi connectivity index (χ4v) is 4.24. The molecule has 5 rings (SSSR count). The maximum absolute atomic E-state index is 13.2. The van der Waals surface area contributed by atoms with E-state index in [1.165, 1.54) is 10.1 Å². The van der Waals surface area contributed by atoms with Gasteiger partial charge in [0.15, 0.2) is 0 Å². The summed E-state index contributed by atoms with van der Waals surface area (Å²) in [5, 5.41) is 0.556. The lowest BCUT2D eigenvalue weighted by molar-refractivity contribution is 0.456. The van der Waals surface area contributed by atoms with Gasteiger partial charge in [0.25, 0.3) is 5.56 Å². The van der Waals surface area contributed by atoms with Crippen LogP contribution in [0.3, 0.4) is 0 Å². The number of rotatable bonds is 8. The third-order valence-electron chi connectivity index (χ3n) is 6.00. The SMILES string of the molecule is O=c1c2ccccc2n(Cc2nc3ccc(CCCCCF)cc3[nH]2)c(=O)n1C1CC1. The molecule has 2 aromatic carbocycles. The van der Waals surface area contributed by atoms with Crippen LogP contribution in [0.15, 0.2) is 52.1 Å². The standard InChI is InChI=1S/C24H25FN4O2/c25-13-5-1-2-6-16-9-12-19-20(14-16)27-22(26-19)15-28-21-8-4-3-7-18(21)23(30)29(24(28)31)17-10-11-17/h3-4,7-9,12,14,17H,1-2,5-6,10-11,13,15H2,(H,26,27). The van der Waals surface area contributed by atoms with Crippen LogP contribution in [0.5, 0.6) is 0 Å². The van der Waals surface area contributed by atoms with Crippen LogP contribution >= 0.6 is 0 Å². The Morgan fingerprint density at radius 2 is 1.90 bits per heavy atom. The van der Waals surface area contributed by atoms with Crippen LogP contribution in [0, 0.1) is 0 Å². The number of hydrogen-bond donors (Lipinski definition) is 1. The highest BCUT2D eigenvalue weighted by Gasteiger charge is 2.28. The molecule has 1 N–H and O–H groups in total. The molecule has 0 saturated heterocycles. The number of nitrogens with one attached hydrogen (secondary N) is 1. The number of benzene rings is 2. The molecule has 160 valence electrons. The molecule has 4 aromatic rings. The summed E-state index contributed by atoms with van der Waals surface area (Å²) in [5.74, 6) is 0.679. The molecule has 0 aliphatic heterocycles. The Balaban J connectivity index is 1.50. The molecular formula is C24H25FN4O2. The minimum atomic E-state index is -0.278. The first-order chi connectivity index (χ1) is 15.2. The van der Waals surface area contributed by atoms with Gasteiger partial charge >= 0.3 is 5.69 Å². The van der Waals surface area contributed by atoms with Gasteiger partial charge in [0, 0.05) is 6.04 Å². The minimum absolute atomic E-state index is 0.00600. The van der Waals surface area contributed by atoms with E-state index in [0.717, 1.165) is 43.1 Å². The number of aryl methyl sites for hydroxylation is 1. The Morgan fingerprint density at radius 1 is 1.06 bits per heavy atom. The van der Waals surface area contributed by atoms with Gasteiger partial charge in [0.2, 0.25) is 0 Å². The third kappa shape index (κ3) is 3.80. The topological polar surface area (TPSA) is 72.7 Å². The molecule has 0 amide bonds. The second-order valence-electron chi connectivity index (χ2n) is 8.33. The monoisotopic (exact) mass is 420 g/mol. The average molecular weight is 420 g/mol. The van der Waals surface area contributed by atoms with Crippen LogP contribution in [0.2, 0.25) is 0 Å². The van der Waals surface area contributed by atoms with Crippen molar-refractivity contribution in [2.75, 3.05) is 6.67 Å². The van der Waals surface area contributed by atoms with E-state index in [1.807, 2.05) is 24.3 Å². The molecule has 31 heavy (non-hydrogen) atoms. The average Bonchev–Trinajstić information content (AvgIpc) is 3.53. The minimum Gasteiger partial charge on any atom is -0.340 e. The summed E-state index contributed by atoms with van der Waals surface area (Å²) in [7, 11) is 0. The van der Waals surface area contributed by atoms with E-state index in [0.29, 0.717) is 23.1 Å². The number of para-hydroxylation sites is 1. The molecule has 0 atom stereocenters. The number of H-pyrrole nitrogens is 1. The number of nitrogens with zero attached hydrogens (tertiary/aromatic N) is 3. The molecule has 0 spiro atoms. The Bertz CT molecular complexity index is 1360. The largest absolute Gasteiger partial charge is 0.340 e. The number of halogens is 1. The second kappa shape index (κ2) is 8.13. The van der Waals surface area contributed by atoms with E-state index in [4.69, 9.17) is 0 Å². The third-order valence-corrected chi connectivity index (χ3v) is 6.00. The number of fused-ring (bicyclic) bond motifs is 2. The van der Waals surface area contributed by atoms with Crippen molar-refractivity contribution in [2.24, 2.45) is 0 Å². The normalized spacial score (nSPS) is 14.0. The van der Waals surface area contributed by atoms with Crippen molar-refractivity contribution in [3.8, 4) is 0 Å². The van der Waals surface area contributed by atoms with Crippen LogP contribution in [0.25, 0.3) is 21.9 Å². The highest BCUT2D eigenvalue weighted by atomic mass is 19.1. The highest BCUT2D eigenvalue weighted by molar-refractivity contribution is 5.78. The van der Waals surface area contributed by atoms with Gasteiger partial charge in [0.1, 0.15) is 5.82 Å². The quantitative estimate of drug-likeness (QED) is 0.436. The van der Waals surface area contributed by atoms with Gasteiger partial charge in [-0.05, 0) is 61.9 Å². The molecule has 0 radical (unpaired) electrons. The fourth-order valence-electron chi connectivity index (χ4n) is 4.24. The number of unbranched alkanes of at least 4 members (excludes halogenated alkanes) is 2. The van der Waals surface area contributed by atoms with Crippen molar-refractivity contribution < 1.29 is 4.39 Å². The smallest absolute Gasteiger partial charge is 0.332 e. The molecule has 2 heterocycles. The molecule has 2 aromatic heterocycles. The molecular weight excluding hydrogens is 395 g/mol. The molecule has 1 saturated carbocycles. The van der Waals surface area contributed by atoms with Crippen LogP contribution in [-0.2, 0) is 13.0 Å². The van der Waals surface area contributed by atoms with E-state index in [9.17, 15) is 14.0 Å². The molecule has 1 fully saturated rings. The molecule has 1 aliphatic carbocycles. The molecule has 1 aliphatic rings. The van der Waals surface area contributed by atoms with E-state index in [2.05, 4.69) is 22.1 Å². The molecule has 0 unspecified atom stereocenters. The Kier molecular flexibility index (Phi) is 5.18. The summed E-state index contributed by atoms with van der Waals surface area (Å²) in [6, 6.07) is 13.4. The summed E-state index contributed by atoms with van der Waals surface area (Å²) < 4.78 is 15.3. The fraction of sp³-hybridized carbons (Fsp3) is 0.375. The van der Waals surface area contributed by atoms with E-state index < -0.39 is 0 Å². The summed E-state index contributed by atoms with van der Waals surface area (Å²) in [6.45, 7) is 0.0118. The van der Waals surface area contributed by atoms with Crippen LogP contribution in [0.4, 0.5) is 4.39 Å². The first-order valence-electron chi connectivity index (χ1n) is 10.9. The second-order valence-corrected chi connectivity index (χ2v) is 8.33. The maximum Gasteiger partial charge on any atom is 0.332 e. The van der Waals surface area contributed by atoms with E-state index in [1.54, 1.807) is 10.6 Å². The van der Waals surface area contributed by atoms with Gasteiger partial charge in [-0.3, -0.25) is 18.3 Å². The van der Waals surface area contributed by atoms with E-state index >= 15 is 0 Å². The summed E-state index contributed by atoms with van der Waals surface area (Å²) >= 11 is 0. The van der Waals surface area contributed by atoms with Gasteiger partial charge < -0.3 is 4.98 Å². The number of aromatic amines is 1. The predicted octanol–water partition coefficient (Wildman–Crippen LogP) is 4.11. The van der Waals surface area contributed by atoms with Crippen molar-refractivity contribution in [1.82, 2.24) is 19.1 Å².